The fourth-order valence-electron chi connectivity index (χ4n) is 7.54. The number of carbonyl (C=O) groups excluding carboxylic acids is 5. The first-order valence-electron chi connectivity index (χ1n) is 18.5. The third-order valence-corrected chi connectivity index (χ3v) is 12.0. The van der Waals surface area contributed by atoms with Crippen molar-refractivity contribution in [2.45, 2.75) is 126 Å². The van der Waals surface area contributed by atoms with Gasteiger partial charge >= 0.3 is 12.2 Å². The molecule has 18 heteroatoms. The molecule has 298 valence electrons. The van der Waals surface area contributed by atoms with Crippen molar-refractivity contribution in [2.75, 3.05) is 6.54 Å². The van der Waals surface area contributed by atoms with E-state index in [1.807, 2.05) is 0 Å². The smallest absolute Gasteiger partial charge is 0.410 e. The summed E-state index contributed by atoms with van der Waals surface area (Å²) in [6, 6.07) is 4.69. The van der Waals surface area contributed by atoms with Crippen molar-refractivity contribution in [3.63, 3.8) is 0 Å². The van der Waals surface area contributed by atoms with Crippen molar-refractivity contribution < 1.29 is 46.3 Å². The highest BCUT2D eigenvalue weighted by molar-refractivity contribution is 7.90. The average molecular weight is 805 g/mol. The van der Waals surface area contributed by atoms with Crippen LogP contribution < -0.4 is 15.4 Å². The van der Waals surface area contributed by atoms with Crippen LogP contribution in [-0.2, 0) is 47.0 Å². The summed E-state index contributed by atoms with van der Waals surface area (Å²) in [5.74, 6) is -3.14. The predicted molar refractivity (Wildman–Crippen MR) is 195 cm³/mol. The van der Waals surface area contributed by atoms with Gasteiger partial charge in [-0.1, -0.05) is 55.8 Å². The predicted octanol–water partition coefficient (Wildman–Crippen LogP) is 4.31. The van der Waals surface area contributed by atoms with E-state index in [1.165, 1.54) is 28.0 Å². The normalized spacial score (nSPS) is 26.0. The number of hydrogen-bond acceptors (Lipinski definition) is 10. The first-order chi connectivity index (χ1) is 26.0. The maximum absolute atomic E-state index is 14.5. The van der Waals surface area contributed by atoms with Crippen LogP contribution in [0.2, 0.25) is 5.15 Å². The van der Waals surface area contributed by atoms with Crippen LogP contribution in [0.4, 0.5) is 14.0 Å². The first-order valence-corrected chi connectivity index (χ1v) is 20.3. The number of pyridine rings is 1. The number of amides is 5. The van der Waals surface area contributed by atoms with Crippen molar-refractivity contribution in [3.8, 4) is 0 Å². The average Bonchev–Trinajstić information content (AvgIpc) is 3.40. The van der Waals surface area contributed by atoms with Crippen LogP contribution in [0.15, 0.2) is 41.4 Å². The van der Waals surface area contributed by atoms with Crippen LogP contribution >= 0.6 is 11.6 Å². The monoisotopic (exact) mass is 804 g/mol. The summed E-state index contributed by atoms with van der Waals surface area (Å²) < 4.78 is 54.3. The third kappa shape index (κ3) is 9.31. The topological polar surface area (TPSA) is 193 Å². The van der Waals surface area contributed by atoms with Crippen molar-refractivity contribution in [2.24, 2.45) is 5.92 Å². The molecule has 1 aromatic heterocycles. The number of fused-ring (bicyclic) bond motifs is 3. The molecule has 6 rings (SSSR count). The van der Waals surface area contributed by atoms with Crippen LogP contribution in [0.3, 0.4) is 0 Å². The maximum atomic E-state index is 14.5. The van der Waals surface area contributed by atoms with Gasteiger partial charge in [-0.15, -0.1) is 0 Å². The van der Waals surface area contributed by atoms with E-state index in [9.17, 15) is 36.8 Å². The highest BCUT2D eigenvalue weighted by atomic mass is 35.5. The lowest BCUT2D eigenvalue weighted by Gasteiger charge is -2.30. The van der Waals surface area contributed by atoms with Crippen molar-refractivity contribution in [3.05, 3.63) is 58.6 Å². The van der Waals surface area contributed by atoms with Crippen molar-refractivity contribution >= 4 is 51.5 Å². The van der Waals surface area contributed by atoms with Gasteiger partial charge in [-0.2, -0.15) is 0 Å². The SMILES string of the molecule is CC(C)(C)OC(=O)N[C@H]1CCCCCCC[C@H]2C[C@@]2(C(=O)NS(=O)(=O)c2ccc(Cl)nc2)NC(=O)[C@@H]2C[C@@H](OC(=O)N3Cc4cccc(F)c4C3)CN2C1=O. The number of nitrogens with one attached hydrogen (secondary N) is 3. The number of alkyl carbamates (subject to hydrolysis) is 1. The van der Waals surface area contributed by atoms with Gasteiger partial charge in [0, 0.05) is 24.7 Å². The van der Waals surface area contributed by atoms with Gasteiger partial charge in [-0.05, 0) is 69.7 Å². The second kappa shape index (κ2) is 15.9. The van der Waals surface area contributed by atoms with E-state index < -0.39 is 81.0 Å². The van der Waals surface area contributed by atoms with Crippen LogP contribution in [0, 0.1) is 11.7 Å². The van der Waals surface area contributed by atoms with Crippen molar-refractivity contribution in [1.82, 2.24) is 30.1 Å². The molecule has 0 radical (unpaired) electrons. The Morgan fingerprint density at radius 3 is 2.45 bits per heavy atom. The lowest BCUT2D eigenvalue weighted by atomic mass is 10.0. The van der Waals surface area contributed by atoms with E-state index in [0.29, 0.717) is 30.4 Å². The summed E-state index contributed by atoms with van der Waals surface area (Å²) in [5, 5.41) is 5.52. The van der Waals surface area contributed by atoms with Crippen LogP contribution in [-0.4, -0.2) is 89.0 Å². The molecular weight excluding hydrogens is 759 g/mol. The zero-order valence-electron chi connectivity index (χ0n) is 30.9. The molecular formula is C37H46ClFN6O9S. The van der Waals surface area contributed by atoms with Gasteiger partial charge in [0.1, 0.15) is 45.2 Å². The maximum Gasteiger partial charge on any atom is 0.410 e. The van der Waals surface area contributed by atoms with Gasteiger partial charge in [-0.3, -0.25) is 19.3 Å². The lowest BCUT2D eigenvalue weighted by molar-refractivity contribution is -0.141. The molecule has 15 nitrogen and oxygen atoms in total. The third-order valence-electron chi connectivity index (χ3n) is 10.4. The molecule has 1 aromatic carbocycles. The zero-order chi connectivity index (χ0) is 39.7. The van der Waals surface area contributed by atoms with E-state index in [-0.39, 0.29) is 48.9 Å². The highest BCUT2D eigenvalue weighted by Crippen LogP contribution is 2.48. The highest BCUT2D eigenvalue weighted by Gasteiger charge is 2.62. The Kier molecular flexibility index (Phi) is 11.6. The van der Waals surface area contributed by atoms with E-state index in [0.717, 1.165) is 25.5 Å². The molecule has 1 saturated carbocycles. The van der Waals surface area contributed by atoms with Gasteiger partial charge in [-0.25, -0.2) is 32.1 Å². The Morgan fingerprint density at radius 2 is 1.76 bits per heavy atom. The zero-order valence-corrected chi connectivity index (χ0v) is 32.5. The minimum Gasteiger partial charge on any atom is -0.444 e. The largest absolute Gasteiger partial charge is 0.444 e. The van der Waals surface area contributed by atoms with Gasteiger partial charge in [0.15, 0.2) is 0 Å². The summed E-state index contributed by atoms with van der Waals surface area (Å²) in [5.41, 5.74) is -1.44. The molecule has 0 spiro atoms. The number of ether oxygens (including phenoxy) is 2. The van der Waals surface area contributed by atoms with Gasteiger partial charge in [0.25, 0.3) is 15.9 Å². The van der Waals surface area contributed by atoms with Crippen LogP contribution in [0.5, 0.6) is 0 Å². The van der Waals surface area contributed by atoms with Crippen LogP contribution in [0.1, 0.15) is 89.7 Å². The second-order valence-corrected chi connectivity index (χ2v) is 17.7. The molecule has 2 saturated heterocycles. The molecule has 0 unspecified atom stereocenters. The number of sulfonamides is 1. The molecule has 1 aliphatic carbocycles. The molecule has 5 amide bonds. The molecule has 4 heterocycles. The van der Waals surface area contributed by atoms with Crippen molar-refractivity contribution in [1.29, 1.82) is 0 Å². The quantitative estimate of drug-likeness (QED) is 0.367. The molecule has 3 aliphatic heterocycles. The molecule has 4 aliphatic rings. The summed E-state index contributed by atoms with van der Waals surface area (Å²) in [6.07, 6.45) is 2.85. The molecule has 2 aromatic rings. The molecule has 3 fully saturated rings. The fraction of sp³-hybridized carbons (Fsp3) is 0.568. The Morgan fingerprint density at radius 1 is 1.04 bits per heavy atom. The molecule has 3 N–H and O–H groups in total. The van der Waals surface area contributed by atoms with Gasteiger partial charge < -0.3 is 25.0 Å². The number of hydrogen-bond donors (Lipinski definition) is 3. The lowest BCUT2D eigenvalue weighted by Crippen LogP contribution is -2.58. The summed E-state index contributed by atoms with van der Waals surface area (Å²) >= 11 is 5.82. The molecule has 5 atom stereocenters. The standard InChI is InChI=1S/C37H46ClFN6O9S/c1-36(2,3)54-34(49)41-28-13-8-6-4-5-7-11-23-17-37(23,33(48)43-55(51,52)25-14-15-30(38)40-18-25)42-31(46)29-16-24(20-45(29)32(28)47)53-35(50)44-19-22-10-9-12-27(39)26(22)21-44/h9-10,12,14-15,18,23-24,28-29H,4-8,11,13,16-17,19-21H2,1-3H3,(H,41,49)(H,42,46)(H,43,48)/t23-,24+,28-,29-,37+/m0/s1. The van der Waals surface area contributed by atoms with E-state index >= 15 is 0 Å². The number of aromatic nitrogens is 1. The summed E-state index contributed by atoms with van der Waals surface area (Å²) in [4.78, 5) is 74.9. The van der Waals surface area contributed by atoms with E-state index in [1.54, 1.807) is 32.9 Å². The van der Waals surface area contributed by atoms with E-state index in [2.05, 4.69) is 20.3 Å². The Labute approximate surface area is 324 Å². The second-order valence-electron chi connectivity index (χ2n) is 15.6. The number of carbonyl (C=O) groups is 5. The summed E-state index contributed by atoms with van der Waals surface area (Å²) in [7, 11) is -4.41. The summed E-state index contributed by atoms with van der Waals surface area (Å²) in [6.45, 7) is 4.94. The Balaban J connectivity index is 1.26. The fourth-order valence-corrected chi connectivity index (χ4v) is 8.64. The molecule has 55 heavy (non-hydrogen) atoms. The Bertz CT molecular complexity index is 1940. The number of halogens is 2. The Hall–Kier alpha value is -4.51. The van der Waals surface area contributed by atoms with Gasteiger partial charge in [0.05, 0.1) is 13.1 Å². The number of rotatable bonds is 5. The van der Waals surface area contributed by atoms with Crippen LogP contribution in [0.25, 0.3) is 0 Å². The molecule has 0 bridgehead atoms. The minimum absolute atomic E-state index is 0.0178. The minimum atomic E-state index is -4.41. The van der Waals surface area contributed by atoms with Gasteiger partial charge in [0.2, 0.25) is 11.8 Å². The number of benzene rings is 1. The number of nitrogens with zero attached hydrogens (tertiary/aromatic N) is 3. The first kappa shape index (κ1) is 40.2. The van der Waals surface area contributed by atoms with E-state index in [4.69, 9.17) is 21.1 Å².